The number of nitrogens with zero attached hydrogens (tertiary/aromatic N) is 3. The van der Waals surface area contributed by atoms with Gasteiger partial charge in [-0.2, -0.15) is 23.5 Å². The summed E-state index contributed by atoms with van der Waals surface area (Å²) in [6, 6.07) is 12.6. The third-order valence-corrected chi connectivity index (χ3v) is 4.26. The van der Waals surface area contributed by atoms with Crippen LogP contribution in [0.5, 0.6) is 0 Å². The molecule has 0 atom stereocenters. The molecular formula is C20H14F3N3O2. The highest BCUT2D eigenvalue weighted by molar-refractivity contribution is 5.96. The van der Waals surface area contributed by atoms with Gasteiger partial charge in [-0.25, -0.2) is 9.48 Å². The summed E-state index contributed by atoms with van der Waals surface area (Å²) in [4.78, 5) is 11.9. The van der Waals surface area contributed by atoms with E-state index in [2.05, 4.69) is 5.10 Å². The van der Waals surface area contributed by atoms with Crippen LogP contribution in [0.25, 0.3) is 16.9 Å². The van der Waals surface area contributed by atoms with E-state index in [4.69, 9.17) is 5.26 Å². The maximum atomic E-state index is 12.8. The molecule has 1 N–H and O–H groups in total. The van der Waals surface area contributed by atoms with Crippen molar-refractivity contribution in [1.82, 2.24) is 9.78 Å². The van der Waals surface area contributed by atoms with E-state index < -0.39 is 17.7 Å². The number of carboxylic acids is 1. The smallest absolute Gasteiger partial charge is 0.416 e. The Morgan fingerprint density at radius 1 is 1.14 bits per heavy atom. The molecule has 0 fully saturated rings. The molecule has 0 spiro atoms. The second-order valence-electron chi connectivity index (χ2n) is 5.97. The maximum Gasteiger partial charge on any atom is 0.416 e. The van der Waals surface area contributed by atoms with E-state index >= 15 is 0 Å². The SMILES string of the molecule is CCc1c(C(=O)O)c(-c2ccc(C#N)cc2)nn1-c1ccc(C(F)(F)F)cc1. The monoisotopic (exact) mass is 385 g/mol. The molecule has 3 aromatic rings. The van der Waals surface area contributed by atoms with Crippen LogP contribution < -0.4 is 0 Å². The summed E-state index contributed by atoms with van der Waals surface area (Å²) in [6.07, 6.45) is -4.15. The Kier molecular flexibility index (Phi) is 4.92. The highest BCUT2D eigenvalue weighted by Crippen LogP contribution is 2.31. The third kappa shape index (κ3) is 3.47. The van der Waals surface area contributed by atoms with E-state index in [1.165, 1.54) is 16.8 Å². The van der Waals surface area contributed by atoms with E-state index in [1.807, 2.05) is 6.07 Å². The minimum absolute atomic E-state index is 0.0212. The molecular weight excluding hydrogens is 371 g/mol. The Morgan fingerprint density at radius 2 is 1.75 bits per heavy atom. The van der Waals surface area contributed by atoms with Crippen LogP contribution in [0.1, 0.15) is 34.1 Å². The molecule has 142 valence electrons. The summed E-state index contributed by atoms with van der Waals surface area (Å²) >= 11 is 0. The molecule has 2 aromatic carbocycles. The molecule has 0 aliphatic rings. The standard InChI is InChI=1S/C20H14F3N3O2/c1-2-16-17(19(27)28)18(13-5-3-12(11-24)4-6-13)25-26(16)15-9-7-14(8-10-15)20(21,22)23/h3-10H,2H2,1H3,(H,27,28). The van der Waals surface area contributed by atoms with Crippen molar-refractivity contribution in [3.8, 4) is 23.0 Å². The van der Waals surface area contributed by atoms with Gasteiger partial charge < -0.3 is 5.11 Å². The number of hydrogen-bond acceptors (Lipinski definition) is 3. The number of hydrogen-bond donors (Lipinski definition) is 1. The molecule has 0 radical (unpaired) electrons. The van der Waals surface area contributed by atoms with Gasteiger partial charge in [-0.15, -0.1) is 0 Å². The molecule has 8 heteroatoms. The first-order chi connectivity index (χ1) is 13.3. The molecule has 28 heavy (non-hydrogen) atoms. The number of alkyl halides is 3. The molecule has 0 aliphatic heterocycles. The average Bonchev–Trinajstić information content (AvgIpc) is 3.07. The highest BCUT2D eigenvalue weighted by Gasteiger charge is 2.30. The highest BCUT2D eigenvalue weighted by atomic mass is 19.4. The maximum absolute atomic E-state index is 12.8. The van der Waals surface area contributed by atoms with Crippen LogP contribution in [0, 0.1) is 11.3 Å². The number of rotatable bonds is 4. The largest absolute Gasteiger partial charge is 0.478 e. The van der Waals surface area contributed by atoms with Crippen molar-refractivity contribution in [3.05, 3.63) is 70.9 Å². The van der Waals surface area contributed by atoms with Crippen LogP contribution in [0.15, 0.2) is 48.5 Å². The van der Waals surface area contributed by atoms with E-state index in [0.29, 0.717) is 28.9 Å². The van der Waals surface area contributed by atoms with E-state index in [-0.39, 0.29) is 11.3 Å². The number of aromatic carboxylic acids is 1. The molecule has 0 saturated carbocycles. The van der Waals surface area contributed by atoms with Gasteiger partial charge in [0.25, 0.3) is 0 Å². The fourth-order valence-corrected chi connectivity index (χ4v) is 2.91. The second-order valence-corrected chi connectivity index (χ2v) is 5.97. The molecule has 0 saturated heterocycles. The molecule has 0 amide bonds. The minimum Gasteiger partial charge on any atom is -0.478 e. The van der Waals surface area contributed by atoms with Crippen molar-refractivity contribution in [1.29, 1.82) is 5.26 Å². The van der Waals surface area contributed by atoms with Crippen molar-refractivity contribution < 1.29 is 23.1 Å². The number of aromatic nitrogens is 2. The first-order valence-electron chi connectivity index (χ1n) is 8.29. The Hall–Kier alpha value is -3.60. The van der Waals surface area contributed by atoms with Gasteiger partial charge in [0.05, 0.1) is 28.6 Å². The average molecular weight is 385 g/mol. The Bertz CT molecular complexity index is 1060. The topological polar surface area (TPSA) is 78.9 Å². The van der Waals surface area contributed by atoms with Crippen LogP contribution in [0.4, 0.5) is 13.2 Å². The lowest BCUT2D eigenvalue weighted by Crippen LogP contribution is -2.07. The van der Waals surface area contributed by atoms with E-state index in [9.17, 15) is 23.1 Å². The summed E-state index contributed by atoms with van der Waals surface area (Å²) in [5, 5.41) is 23.0. The lowest BCUT2D eigenvalue weighted by molar-refractivity contribution is -0.137. The first kappa shape index (κ1) is 19.2. The van der Waals surface area contributed by atoms with Gasteiger partial charge in [0.15, 0.2) is 0 Å². The normalized spacial score (nSPS) is 11.2. The number of carboxylic acid groups (broad SMARTS) is 1. The number of benzene rings is 2. The summed E-state index contributed by atoms with van der Waals surface area (Å²) in [6.45, 7) is 1.74. The summed E-state index contributed by atoms with van der Waals surface area (Å²) in [5.74, 6) is -1.19. The molecule has 0 bridgehead atoms. The van der Waals surface area contributed by atoms with Crippen molar-refractivity contribution in [2.24, 2.45) is 0 Å². The molecule has 3 rings (SSSR count). The fourth-order valence-electron chi connectivity index (χ4n) is 2.91. The van der Waals surface area contributed by atoms with Gasteiger partial charge in [0, 0.05) is 5.56 Å². The van der Waals surface area contributed by atoms with Crippen LogP contribution in [0.3, 0.4) is 0 Å². The van der Waals surface area contributed by atoms with Gasteiger partial charge in [0.1, 0.15) is 11.3 Å². The van der Waals surface area contributed by atoms with Crippen molar-refractivity contribution >= 4 is 5.97 Å². The number of nitriles is 1. The first-order valence-corrected chi connectivity index (χ1v) is 8.29. The van der Waals surface area contributed by atoms with Crippen LogP contribution in [-0.2, 0) is 12.6 Å². The zero-order chi connectivity index (χ0) is 20.5. The molecule has 5 nitrogen and oxygen atoms in total. The lowest BCUT2D eigenvalue weighted by atomic mass is 10.0. The van der Waals surface area contributed by atoms with Gasteiger partial charge in [-0.05, 0) is 42.8 Å². The predicted molar refractivity (Wildman–Crippen MR) is 95.1 cm³/mol. The Morgan fingerprint density at radius 3 is 2.21 bits per heavy atom. The zero-order valence-corrected chi connectivity index (χ0v) is 14.7. The van der Waals surface area contributed by atoms with Gasteiger partial charge in [0.2, 0.25) is 0 Å². The second kappa shape index (κ2) is 7.19. The van der Waals surface area contributed by atoms with Gasteiger partial charge in [-0.1, -0.05) is 19.1 Å². The van der Waals surface area contributed by atoms with E-state index in [0.717, 1.165) is 12.1 Å². The predicted octanol–water partition coefficient (Wildman–Crippen LogP) is 4.69. The number of halogens is 3. The van der Waals surface area contributed by atoms with Crippen LogP contribution >= 0.6 is 0 Å². The van der Waals surface area contributed by atoms with Gasteiger partial charge >= 0.3 is 12.1 Å². The van der Waals surface area contributed by atoms with Gasteiger partial charge in [-0.3, -0.25) is 0 Å². The van der Waals surface area contributed by atoms with Crippen LogP contribution in [0.2, 0.25) is 0 Å². The zero-order valence-electron chi connectivity index (χ0n) is 14.7. The molecule has 0 aliphatic carbocycles. The Labute approximate surface area is 158 Å². The van der Waals surface area contributed by atoms with E-state index in [1.54, 1.807) is 31.2 Å². The molecule has 0 unspecified atom stereocenters. The Balaban J connectivity index is 2.17. The lowest BCUT2D eigenvalue weighted by Gasteiger charge is -2.09. The fraction of sp³-hybridized carbons (Fsp3) is 0.150. The minimum atomic E-state index is -4.46. The summed E-state index contributed by atoms with van der Waals surface area (Å²) in [7, 11) is 0. The summed E-state index contributed by atoms with van der Waals surface area (Å²) in [5.41, 5.74) is 0.974. The summed E-state index contributed by atoms with van der Waals surface area (Å²) < 4.78 is 39.7. The van der Waals surface area contributed by atoms with Crippen molar-refractivity contribution in [2.45, 2.75) is 19.5 Å². The van der Waals surface area contributed by atoms with Crippen molar-refractivity contribution in [2.75, 3.05) is 0 Å². The third-order valence-electron chi connectivity index (χ3n) is 4.26. The quantitative estimate of drug-likeness (QED) is 0.707. The van der Waals surface area contributed by atoms with Crippen LogP contribution in [-0.4, -0.2) is 20.9 Å². The number of carbonyl (C=O) groups is 1. The molecule has 1 heterocycles. The molecule has 1 aromatic heterocycles. The van der Waals surface area contributed by atoms with Crippen molar-refractivity contribution in [3.63, 3.8) is 0 Å².